The Labute approximate surface area is 145 Å². The van der Waals surface area contributed by atoms with Gasteiger partial charge >= 0.3 is 0 Å². The van der Waals surface area contributed by atoms with E-state index in [1.165, 1.54) is 9.75 Å². The van der Waals surface area contributed by atoms with Gasteiger partial charge in [-0.05, 0) is 48.6 Å². The van der Waals surface area contributed by atoms with Gasteiger partial charge in [0.1, 0.15) is 0 Å². The number of carbonyl (C=O) groups excluding carboxylic acids is 1. The van der Waals surface area contributed by atoms with E-state index in [4.69, 9.17) is 4.74 Å². The molecular formula is C18H23NO2S2. The van der Waals surface area contributed by atoms with E-state index in [9.17, 15) is 4.79 Å². The number of hydrogen-bond acceptors (Lipinski definition) is 4. The molecule has 2 aromatic heterocycles. The van der Waals surface area contributed by atoms with Gasteiger partial charge in [-0.1, -0.05) is 12.1 Å². The highest BCUT2D eigenvalue weighted by Crippen LogP contribution is 2.19. The van der Waals surface area contributed by atoms with E-state index < -0.39 is 0 Å². The number of hydrogen-bond donors (Lipinski definition) is 0. The maximum Gasteiger partial charge on any atom is 0.222 e. The molecule has 1 atom stereocenters. The standard InChI is InChI=1S/C18H23NO2S2/c20-18(9-1-6-16-7-3-11-22-16)19(13-15-5-2-10-21-15)14-17-8-4-12-23-17/h3-4,7-8,11-12,15H,1-2,5-6,9-10,13-14H2. The van der Waals surface area contributed by atoms with Gasteiger partial charge in [0.05, 0.1) is 12.6 Å². The minimum absolute atomic E-state index is 0.219. The predicted molar refractivity (Wildman–Crippen MR) is 96.0 cm³/mol. The fraction of sp³-hybridized carbons (Fsp3) is 0.500. The maximum absolute atomic E-state index is 12.7. The summed E-state index contributed by atoms with van der Waals surface area (Å²) >= 11 is 3.49. The van der Waals surface area contributed by atoms with Crippen LogP contribution in [0, 0.1) is 0 Å². The van der Waals surface area contributed by atoms with E-state index in [1.54, 1.807) is 22.7 Å². The molecule has 0 saturated carbocycles. The first kappa shape index (κ1) is 16.7. The van der Waals surface area contributed by atoms with Crippen molar-refractivity contribution in [1.29, 1.82) is 0 Å². The molecule has 5 heteroatoms. The van der Waals surface area contributed by atoms with Gasteiger partial charge in [-0.15, -0.1) is 22.7 Å². The lowest BCUT2D eigenvalue weighted by Crippen LogP contribution is -2.36. The molecule has 0 spiro atoms. The molecule has 2 aromatic rings. The Balaban J connectivity index is 1.53. The first-order valence-corrected chi connectivity index (χ1v) is 10.0. The summed E-state index contributed by atoms with van der Waals surface area (Å²) in [6.07, 6.45) is 4.95. The van der Waals surface area contributed by atoms with E-state index in [0.29, 0.717) is 6.42 Å². The van der Waals surface area contributed by atoms with Gasteiger partial charge in [0.25, 0.3) is 0 Å². The molecular weight excluding hydrogens is 326 g/mol. The van der Waals surface area contributed by atoms with Crippen LogP contribution in [-0.4, -0.2) is 30.1 Å². The van der Waals surface area contributed by atoms with Gasteiger partial charge in [0.2, 0.25) is 5.91 Å². The Morgan fingerprint density at radius 3 is 2.65 bits per heavy atom. The molecule has 3 nitrogen and oxygen atoms in total. The quantitative estimate of drug-likeness (QED) is 0.709. The number of carbonyl (C=O) groups is 1. The van der Waals surface area contributed by atoms with Crippen molar-refractivity contribution in [2.45, 2.75) is 44.8 Å². The smallest absolute Gasteiger partial charge is 0.222 e. The van der Waals surface area contributed by atoms with Gasteiger partial charge in [-0.2, -0.15) is 0 Å². The molecule has 23 heavy (non-hydrogen) atoms. The van der Waals surface area contributed by atoms with E-state index >= 15 is 0 Å². The summed E-state index contributed by atoms with van der Waals surface area (Å²) in [5, 5.41) is 4.17. The van der Waals surface area contributed by atoms with Crippen LogP contribution in [0.5, 0.6) is 0 Å². The second kappa shape index (κ2) is 8.62. The van der Waals surface area contributed by atoms with Gasteiger partial charge < -0.3 is 9.64 Å². The SMILES string of the molecule is O=C(CCCc1cccs1)N(Cc1cccs1)CC1CCCO1. The molecule has 1 fully saturated rings. The third kappa shape index (κ3) is 5.16. The molecule has 0 N–H and O–H groups in total. The molecule has 1 aliphatic heterocycles. The van der Waals surface area contributed by atoms with Crippen LogP contribution in [0.1, 0.15) is 35.4 Å². The van der Waals surface area contributed by atoms with Crippen LogP contribution in [0.15, 0.2) is 35.0 Å². The lowest BCUT2D eigenvalue weighted by Gasteiger charge is -2.25. The zero-order chi connectivity index (χ0) is 15.9. The summed E-state index contributed by atoms with van der Waals surface area (Å²) in [6, 6.07) is 8.37. The average molecular weight is 350 g/mol. The predicted octanol–water partition coefficient (Wildman–Crippen LogP) is 4.34. The van der Waals surface area contributed by atoms with Crippen LogP contribution in [0.2, 0.25) is 0 Å². The number of ether oxygens (including phenoxy) is 1. The summed E-state index contributed by atoms with van der Waals surface area (Å²) in [7, 11) is 0. The Hall–Kier alpha value is -1.17. The van der Waals surface area contributed by atoms with Crippen LogP contribution in [0.3, 0.4) is 0 Å². The lowest BCUT2D eigenvalue weighted by molar-refractivity contribution is -0.133. The van der Waals surface area contributed by atoms with E-state index in [-0.39, 0.29) is 12.0 Å². The number of thiophene rings is 2. The molecule has 3 heterocycles. The van der Waals surface area contributed by atoms with Crippen molar-refractivity contribution < 1.29 is 9.53 Å². The van der Waals surface area contributed by atoms with E-state index in [1.807, 2.05) is 11.0 Å². The van der Waals surface area contributed by atoms with Crippen molar-refractivity contribution in [2.24, 2.45) is 0 Å². The van der Waals surface area contributed by atoms with Crippen LogP contribution in [0.25, 0.3) is 0 Å². The molecule has 1 unspecified atom stereocenters. The summed E-state index contributed by atoms with van der Waals surface area (Å²) in [5.41, 5.74) is 0. The topological polar surface area (TPSA) is 29.5 Å². The average Bonchev–Trinajstić information content (AvgIpc) is 3.30. The highest BCUT2D eigenvalue weighted by atomic mass is 32.1. The molecule has 3 rings (SSSR count). The Kier molecular flexibility index (Phi) is 6.25. The van der Waals surface area contributed by atoms with Crippen LogP contribution < -0.4 is 0 Å². The van der Waals surface area contributed by atoms with Gasteiger partial charge in [-0.3, -0.25) is 4.79 Å². The third-order valence-corrected chi connectivity index (χ3v) is 5.92. The van der Waals surface area contributed by atoms with Gasteiger partial charge in [0, 0.05) is 29.3 Å². The maximum atomic E-state index is 12.7. The number of nitrogens with zero attached hydrogens (tertiary/aromatic N) is 1. The first-order chi connectivity index (χ1) is 11.3. The van der Waals surface area contributed by atoms with Crippen molar-refractivity contribution >= 4 is 28.6 Å². The molecule has 1 aliphatic rings. The minimum atomic E-state index is 0.219. The number of amides is 1. The largest absolute Gasteiger partial charge is 0.376 e. The molecule has 1 amide bonds. The molecule has 0 bridgehead atoms. The third-order valence-electron chi connectivity index (χ3n) is 4.12. The van der Waals surface area contributed by atoms with Gasteiger partial charge in [0.15, 0.2) is 0 Å². The Morgan fingerprint density at radius 1 is 1.22 bits per heavy atom. The van der Waals surface area contributed by atoms with Crippen LogP contribution in [-0.2, 0) is 22.5 Å². The highest BCUT2D eigenvalue weighted by Gasteiger charge is 2.22. The molecule has 0 radical (unpaired) electrons. The van der Waals surface area contributed by atoms with Crippen molar-refractivity contribution in [2.75, 3.05) is 13.2 Å². The molecule has 124 valence electrons. The Bertz CT molecular complexity index is 574. The number of aryl methyl sites for hydroxylation is 1. The normalized spacial score (nSPS) is 17.5. The zero-order valence-corrected chi connectivity index (χ0v) is 14.9. The molecule has 1 saturated heterocycles. The summed E-state index contributed by atoms with van der Waals surface area (Å²) in [4.78, 5) is 17.3. The number of rotatable bonds is 8. The highest BCUT2D eigenvalue weighted by molar-refractivity contribution is 7.10. The summed E-state index contributed by atoms with van der Waals surface area (Å²) in [5.74, 6) is 0.255. The fourth-order valence-electron chi connectivity index (χ4n) is 2.91. The van der Waals surface area contributed by atoms with Crippen molar-refractivity contribution in [3.05, 3.63) is 44.8 Å². The fourth-order valence-corrected chi connectivity index (χ4v) is 4.38. The van der Waals surface area contributed by atoms with E-state index in [0.717, 1.165) is 45.4 Å². The zero-order valence-electron chi connectivity index (χ0n) is 13.3. The van der Waals surface area contributed by atoms with E-state index in [2.05, 4.69) is 29.0 Å². The minimum Gasteiger partial charge on any atom is -0.376 e. The lowest BCUT2D eigenvalue weighted by atomic mass is 10.1. The van der Waals surface area contributed by atoms with Crippen molar-refractivity contribution in [3.8, 4) is 0 Å². The van der Waals surface area contributed by atoms with Crippen LogP contribution in [0.4, 0.5) is 0 Å². The van der Waals surface area contributed by atoms with Crippen LogP contribution >= 0.6 is 22.7 Å². The second-order valence-electron chi connectivity index (χ2n) is 5.92. The van der Waals surface area contributed by atoms with Crippen molar-refractivity contribution in [1.82, 2.24) is 4.90 Å². The molecule has 0 aliphatic carbocycles. The van der Waals surface area contributed by atoms with Crippen molar-refractivity contribution in [3.63, 3.8) is 0 Å². The second-order valence-corrected chi connectivity index (χ2v) is 7.99. The first-order valence-electron chi connectivity index (χ1n) is 8.25. The molecule has 0 aromatic carbocycles. The monoisotopic (exact) mass is 349 g/mol. The Morgan fingerprint density at radius 2 is 2.00 bits per heavy atom. The summed E-state index contributed by atoms with van der Waals surface area (Å²) < 4.78 is 5.73. The summed E-state index contributed by atoms with van der Waals surface area (Å²) in [6.45, 7) is 2.29. The van der Waals surface area contributed by atoms with Gasteiger partial charge in [-0.25, -0.2) is 0 Å².